The van der Waals surface area contributed by atoms with Crippen molar-refractivity contribution in [2.45, 2.75) is 52.4 Å². The number of ether oxygens (including phenoxy) is 1. The molecule has 0 saturated heterocycles. The molecule has 0 N–H and O–H groups in total. The molecule has 0 radical (unpaired) electrons. The number of carbonyl (C=O) groups is 1. The highest BCUT2D eigenvalue weighted by molar-refractivity contribution is 7.14. The lowest BCUT2D eigenvalue weighted by molar-refractivity contribution is 0.0756. The van der Waals surface area contributed by atoms with Crippen LogP contribution >= 0.6 is 11.3 Å². The summed E-state index contributed by atoms with van der Waals surface area (Å²) in [5, 5.41) is 0. The number of carbonyl (C=O) groups excluding carboxylic acids is 1. The summed E-state index contributed by atoms with van der Waals surface area (Å²) in [6.07, 6.45) is 7.11. The molecule has 0 atom stereocenters. The number of hydrogen-bond donors (Lipinski definition) is 0. The molecule has 0 amide bonds. The highest BCUT2D eigenvalue weighted by Gasteiger charge is 2.08. The maximum atomic E-state index is 11.8. The molecule has 2 nitrogen and oxygen atoms in total. The number of unbranched alkanes of at least 4 members (excludes halogenated alkanes) is 4. The van der Waals surface area contributed by atoms with Gasteiger partial charge >= 0.3 is 0 Å². The van der Waals surface area contributed by atoms with Crippen LogP contribution in [0.15, 0.2) is 12.1 Å². The quantitative estimate of drug-likeness (QED) is 0.462. The Kier molecular flexibility index (Phi) is 7.94. The second-order valence-corrected chi connectivity index (χ2v) is 5.68. The normalized spacial score (nSPS) is 10.8. The zero-order valence-corrected chi connectivity index (χ0v) is 12.4. The van der Waals surface area contributed by atoms with Gasteiger partial charge in [-0.3, -0.25) is 4.79 Å². The van der Waals surface area contributed by atoms with Gasteiger partial charge in [-0.15, -0.1) is 11.3 Å². The average Bonchev–Trinajstić information content (AvgIpc) is 2.86. The monoisotopic (exact) mass is 268 g/mol. The molecule has 1 aromatic heterocycles. The Morgan fingerprint density at radius 2 is 1.94 bits per heavy atom. The molecule has 0 aliphatic rings. The van der Waals surface area contributed by atoms with Crippen LogP contribution in [0.3, 0.4) is 0 Å². The van der Waals surface area contributed by atoms with Crippen LogP contribution in [-0.2, 0) is 11.2 Å². The topological polar surface area (TPSA) is 26.3 Å². The van der Waals surface area contributed by atoms with E-state index in [-0.39, 0.29) is 12.4 Å². The lowest BCUT2D eigenvalue weighted by Gasteiger charge is -2.02. The first-order valence-corrected chi connectivity index (χ1v) is 7.79. The van der Waals surface area contributed by atoms with Crippen molar-refractivity contribution in [3.8, 4) is 0 Å². The summed E-state index contributed by atoms with van der Waals surface area (Å²) >= 11 is 1.59. The molecule has 0 spiro atoms. The van der Waals surface area contributed by atoms with E-state index in [2.05, 4.69) is 13.8 Å². The zero-order chi connectivity index (χ0) is 13.2. The van der Waals surface area contributed by atoms with Crippen LogP contribution in [0.5, 0.6) is 0 Å². The molecule has 0 aromatic carbocycles. The van der Waals surface area contributed by atoms with Crippen LogP contribution in [0.25, 0.3) is 0 Å². The molecule has 1 heterocycles. The minimum Gasteiger partial charge on any atom is -0.373 e. The number of Topliss-reactive ketones (excluding diaryl/α,β-unsaturated/α-hetero) is 1. The van der Waals surface area contributed by atoms with Gasteiger partial charge in [0, 0.05) is 11.5 Å². The first-order valence-electron chi connectivity index (χ1n) is 6.97. The second kappa shape index (κ2) is 9.29. The summed E-state index contributed by atoms with van der Waals surface area (Å²) in [6, 6.07) is 3.94. The number of ketones is 1. The van der Waals surface area contributed by atoms with Crippen molar-refractivity contribution in [2.24, 2.45) is 0 Å². The largest absolute Gasteiger partial charge is 0.373 e. The van der Waals surface area contributed by atoms with E-state index < -0.39 is 0 Å². The third-order valence-electron chi connectivity index (χ3n) is 2.91. The SMILES string of the molecule is CCCCCCCOCC(=O)c1ccc(CC)s1. The van der Waals surface area contributed by atoms with Crippen LogP contribution < -0.4 is 0 Å². The molecule has 102 valence electrons. The summed E-state index contributed by atoms with van der Waals surface area (Å²) in [7, 11) is 0. The highest BCUT2D eigenvalue weighted by Crippen LogP contribution is 2.17. The van der Waals surface area contributed by atoms with E-state index in [4.69, 9.17) is 4.74 Å². The van der Waals surface area contributed by atoms with Gasteiger partial charge in [0.1, 0.15) is 6.61 Å². The first-order chi connectivity index (χ1) is 8.77. The summed E-state index contributed by atoms with van der Waals surface area (Å²) in [6.45, 7) is 5.26. The molecule has 0 fully saturated rings. The van der Waals surface area contributed by atoms with E-state index in [0.29, 0.717) is 6.61 Å². The van der Waals surface area contributed by atoms with Gasteiger partial charge in [0.05, 0.1) is 4.88 Å². The molecule has 18 heavy (non-hydrogen) atoms. The van der Waals surface area contributed by atoms with Gasteiger partial charge < -0.3 is 4.74 Å². The molecule has 0 bridgehead atoms. The Hall–Kier alpha value is -0.670. The predicted octanol–water partition coefficient (Wildman–Crippen LogP) is 4.48. The predicted molar refractivity (Wildman–Crippen MR) is 77.6 cm³/mol. The van der Waals surface area contributed by atoms with Crippen molar-refractivity contribution in [3.05, 3.63) is 21.9 Å². The van der Waals surface area contributed by atoms with Gasteiger partial charge in [-0.05, 0) is 25.0 Å². The van der Waals surface area contributed by atoms with E-state index in [9.17, 15) is 4.79 Å². The van der Waals surface area contributed by atoms with Crippen molar-refractivity contribution < 1.29 is 9.53 Å². The van der Waals surface area contributed by atoms with E-state index in [0.717, 1.165) is 17.7 Å². The van der Waals surface area contributed by atoms with Crippen molar-refractivity contribution in [2.75, 3.05) is 13.2 Å². The Morgan fingerprint density at radius 3 is 2.61 bits per heavy atom. The summed E-state index contributed by atoms with van der Waals surface area (Å²) in [5.74, 6) is 0.119. The van der Waals surface area contributed by atoms with Gasteiger partial charge in [0.15, 0.2) is 5.78 Å². The lowest BCUT2D eigenvalue weighted by atomic mass is 10.2. The van der Waals surface area contributed by atoms with Gasteiger partial charge in [-0.1, -0.05) is 39.5 Å². The fourth-order valence-corrected chi connectivity index (χ4v) is 2.63. The average molecular weight is 268 g/mol. The maximum absolute atomic E-state index is 11.8. The Balaban J connectivity index is 2.10. The summed E-state index contributed by atoms with van der Waals surface area (Å²) < 4.78 is 5.43. The zero-order valence-electron chi connectivity index (χ0n) is 11.5. The number of rotatable bonds is 10. The van der Waals surface area contributed by atoms with Crippen LogP contribution in [0.2, 0.25) is 0 Å². The fourth-order valence-electron chi connectivity index (χ4n) is 1.76. The van der Waals surface area contributed by atoms with Crippen LogP contribution in [0.1, 0.15) is 60.5 Å². The lowest BCUT2D eigenvalue weighted by Crippen LogP contribution is -2.08. The maximum Gasteiger partial charge on any atom is 0.198 e. The summed E-state index contributed by atoms with van der Waals surface area (Å²) in [5.41, 5.74) is 0. The molecule has 0 saturated carbocycles. The Morgan fingerprint density at radius 1 is 1.17 bits per heavy atom. The standard InChI is InChI=1S/C15H24O2S/c1-3-5-6-7-8-11-17-12-14(16)15-10-9-13(4-2)18-15/h9-10H,3-8,11-12H2,1-2H3. The van der Waals surface area contributed by atoms with Crippen LogP contribution in [-0.4, -0.2) is 19.0 Å². The Labute approximate surface area is 114 Å². The van der Waals surface area contributed by atoms with Gasteiger partial charge in [0.25, 0.3) is 0 Å². The molecule has 3 heteroatoms. The van der Waals surface area contributed by atoms with Crippen molar-refractivity contribution in [3.63, 3.8) is 0 Å². The van der Waals surface area contributed by atoms with Gasteiger partial charge in [0.2, 0.25) is 0 Å². The van der Waals surface area contributed by atoms with E-state index >= 15 is 0 Å². The molecule has 1 rings (SSSR count). The van der Waals surface area contributed by atoms with E-state index in [1.807, 2.05) is 12.1 Å². The highest BCUT2D eigenvalue weighted by atomic mass is 32.1. The molecular weight excluding hydrogens is 244 g/mol. The smallest absolute Gasteiger partial charge is 0.198 e. The van der Waals surface area contributed by atoms with Crippen molar-refractivity contribution >= 4 is 17.1 Å². The van der Waals surface area contributed by atoms with E-state index in [1.165, 1.54) is 30.6 Å². The summed E-state index contributed by atoms with van der Waals surface area (Å²) in [4.78, 5) is 13.9. The van der Waals surface area contributed by atoms with Crippen LogP contribution in [0.4, 0.5) is 0 Å². The van der Waals surface area contributed by atoms with Crippen LogP contribution in [0, 0.1) is 0 Å². The molecule has 0 unspecified atom stereocenters. The van der Waals surface area contributed by atoms with Gasteiger partial charge in [-0.2, -0.15) is 0 Å². The minimum atomic E-state index is 0.119. The van der Waals surface area contributed by atoms with E-state index in [1.54, 1.807) is 11.3 Å². The second-order valence-electron chi connectivity index (χ2n) is 4.51. The number of aryl methyl sites for hydroxylation is 1. The molecule has 1 aromatic rings. The molecular formula is C15H24O2S. The Bertz CT molecular complexity index is 344. The van der Waals surface area contributed by atoms with Gasteiger partial charge in [-0.25, -0.2) is 0 Å². The van der Waals surface area contributed by atoms with Crippen molar-refractivity contribution in [1.82, 2.24) is 0 Å². The minimum absolute atomic E-state index is 0.119. The first kappa shape index (κ1) is 15.4. The van der Waals surface area contributed by atoms with Crippen molar-refractivity contribution in [1.29, 1.82) is 0 Å². The molecule has 0 aliphatic carbocycles. The fraction of sp³-hybridized carbons (Fsp3) is 0.667. The third-order valence-corrected chi connectivity index (χ3v) is 4.18. The number of thiophene rings is 1. The molecule has 0 aliphatic heterocycles. The third kappa shape index (κ3) is 5.78. The number of hydrogen-bond acceptors (Lipinski definition) is 3.